The highest BCUT2D eigenvalue weighted by atomic mass is 15.1. The van der Waals surface area contributed by atoms with Crippen LogP contribution in [-0.2, 0) is 0 Å². The van der Waals surface area contributed by atoms with Gasteiger partial charge < -0.3 is 4.90 Å². The summed E-state index contributed by atoms with van der Waals surface area (Å²) in [6, 6.07) is 0. The topological polar surface area (TPSA) is 3.24 Å². The van der Waals surface area contributed by atoms with E-state index in [4.69, 9.17) is 0 Å². The molecule has 1 heteroatoms. The van der Waals surface area contributed by atoms with E-state index < -0.39 is 0 Å². The largest absolute Gasteiger partial charge is 0.381 e. The molecule has 0 aromatic rings. The van der Waals surface area contributed by atoms with Crippen molar-refractivity contribution in [3.05, 3.63) is 11.8 Å². The second kappa shape index (κ2) is 7.54. The quantitative estimate of drug-likeness (QED) is 0.526. The summed E-state index contributed by atoms with van der Waals surface area (Å²) in [5.41, 5.74) is 1.31. The molecule has 0 atom stereocenters. The van der Waals surface area contributed by atoms with Gasteiger partial charge in [0.05, 0.1) is 0 Å². The summed E-state index contributed by atoms with van der Waals surface area (Å²) in [7, 11) is 4.07. The number of hydrogen-bond donors (Lipinski definition) is 0. The minimum absolute atomic E-state index is 1.31. The third kappa shape index (κ3) is 7.54. The summed E-state index contributed by atoms with van der Waals surface area (Å²) in [6.45, 7) is 8.12. The standard InChI is InChI=1S/C6H13N.C2H6/c1-5-6(2)7(3)4;1-2/h5H,1-4H3;1-2H3/b6-5-;. The van der Waals surface area contributed by atoms with Crippen LogP contribution in [0.15, 0.2) is 11.8 Å². The van der Waals surface area contributed by atoms with Crippen LogP contribution in [0.3, 0.4) is 0 Å². The van der Waals surface area contributed by atoms with Crippen molar-refractivity contribution in [3.8, 4) is 0 Å². The van der Waals surface area contributed by atoms with Crippen molar-refractivity contribution >= 4 is 0 Å². The Balaban J connectivity index is 0. The maximum Gasteiger partial charge on any atom is 0.00579 e. The first-order valence-electron chi connectivity index (χ1n) is 3.48. The molecule has 9 heavy (non-hydrogen) atoms. The Hall–Kier alpha value is -0.460. The van der Waals surface area contributed by atoms with Crippen LogP contribution >= 0.6 is 0 Å². The molecule has 0 amide bonds. The molecule has 0 rings (SSSR count). The number of hydrogen-bond acceptors (Lipinski definition) is 1. The molecular weight excluding hydrogens is 110 g/mol. The lowest BCUT2D eigenvalue weighted by atomic mass is 10.4. The van der Waals surface area contributed by atoms with Crippen molar-refractivity contribution in [2.75, 3.05) is 14.1 Å². The van der Waals surface area contributed by atoms with Gasteiger partial charge >= 0.3 is 0 Å². The van der Waals surface area contributed by atoms with Crippen LogP contribution in [0, 0.1) is 0 Å². The Morgan fingerprint density at radius 3 is 1.56 bits per heavy atom. The summed E-state index contributed by atoms with van der Waals surface area (Å²) < 4.78 is 0. The first kappa shape index (κ1) is 11.4. The smallest absolute Gasteiger partial charge is 0.00579 e. The molecule has 0 unspecified atom stereocenters. The van der Waals surface area contributed by atoms with Gasteiger partial charge in [0.2, 0.25) is 0 Å². The van der Waals surface area contributed by atoms with E-state index in [-0.39, 0.29) is 0 Å². The summed E-state index contributed by atoms with van der Waals surface area (Å²) in [5, 5.41) is 0. The maximum atomic E-state index is 2.08. The fourth-order valence-electron chi connectivity index (χ4n) is 0.258. The van der Waals surface area contributed by atoms with Crippen LogP contribution < -0.4 is 0 Å². The first-order valence-corrected chi connectivity index (χ1v) is 3.48. The molecule has 0 radical (unpaired) electrons. The van der Waals surface area contributed by atoms with Gasteiger partial charge in [-0.15, -0.1) is 0 Å². The van der Waals surface area contributed by atoms with Crippen molar-refractivity contribution < 1.29 is 0 Å². The molecule has 0 aliphatic rings. The van der Waals surface area contributed by atoms with Crippen molar-refractivity contribution in [1.29, 1.82) is 0 Å². The highest BCUT2D eigenvalue weighted by Gasteiger charge is 1.83. The molecule has 0 saturated heterocycles. The van der Waals surface area contributed by atoms with Crippen LogP contribution in [0.25, 0.3) is 0 Å². The SMILES string of the molecule is C/C=C(/C)N(C)C.CC. The first-order chi connectivity index (χ1) is 4.18. The number of rotatable bonds is 1. The zero-order chi connectivity index (χ0) is 7.86. The zero-order valence-electron chi connectivity index (χ0n) is 7.52. The van der Waals surface area contributed by atoms with E-state index in [1.807, 2.05) is 34.9 Å². The lowest BCUT2D eigenvalue weighted by Gasteiger charge is -2.10. The van der Waals surface area contributed by atoms with E-state index in [1.165, 1.54) is 5.70 Å². The molecule has 56 valence electrons. The van der Waals surface area contributed by atoms with E-state index in [1.54, 1.807) is 0 Å². The van der Waals surface area contributed by atoms with Gasteiger partial charge in [-0.05, 0) is 13.8 Å². The molecule has 0 saturated carbocycles. The van der Waals surface area contributed by atoms with E-state index in [9.17, 15) is 0 Å². The summed E-state index contributed by atoms with van der Waals surface area (Å²) in [4.78, 5) is 2.08. The molecule has 0 aromatic heterocycles. The van der Waals surface area contributed by atoms with E-state index in [2.05, 4.69) is 17.9 Å². The van der Waals surface area contributed by atoms with Gasteiger partial charge in [0.25, 0.3) is 0 Å². The van der Waals surface area contributed by atoms with Crippen molar-refractivity contribution in [1.82, 2.24) is 4.90 Å². The fraction of sp³-hybridized carbons (Fsp3) is 0.750. The van der Waals surface area contributed by atoms with Gasteiger partial charge in [0, 0.05) is 19.8 Å². The molecule has 0 spiro atoms. The highest BCUT2D eigenvalue weighted by molar-refractivity contribution is 4.91. The molecule has 0 heterocycles. The number of nitrogens with zero attached hydrogens (tertiary/aromatic N) is 1. The molecule has 0 aliphatic heterocycles. The Morgan fingerprint density at radius 2 is 1.56 bits per heavy atom. The number of allylic oxidation sites excluding steroid dienone is 2. The van der Waals surface area contributed by atoms with Crippen LogP contribution in [0.2, 0.25) is 0 Å². The predicted octanol–water partition coefficient (Wildman–Crippen LogP) is 2.50. The van der Waals surface area contributed by atoms with Crippen LogP contribution in [-0.4, -0.2) is 19.0 Å². The lowest BCUT2D eigenvalue weighted by Crippen LogP contribution is -2.06. The van der Waals surface area contributed by atoms with Crippen molar-refractivity contribution in [3.63, 3.8) is 0 Å². The molecule has 0 aromatic carbocycles. The Kier molecular flexibility index (Phi) is 9.51. The maximum absolute atomic E-state index is 2.08. The van der Waals surface area contributed by atoms with Crippen LogP contribution in [0.1, 0.15) is 27.7 Å². The third-order valence-electron chi connectivity index (χ3n) is 1.12. The summed E-state index contributed by atoms with van der Waals surface area (Å²) >= 11 is 0. The Morgan fingerprint density at radius 1 is 1.22 bits per heavy atom. The van der Waals surface area contributed by atoms with Gasteiger partial charge in [-0.25, -0.2) is 0 Å². The monoisotopic (exact) mass is 129 g/mol. The second-order valence-electron chi connectivity index (χ2n) is 1.82. The predicted molar refractivity (Wildman–Crippen MR) is 44.5 cm³/mol. The van der Waals surface area contributed by atoms with Crippen molar-refractivity contribution in [2.45, 2.75) is 27.7 Å². The summed E-state index contributed by atoms with van der Waals surface area (Å²) in [5.74, 6) is 0. The minimum Gasteiger partial charge on any atom is -0.381 e. The molecule has 0 N–H and O–H groups in total. The normalized spacial score (nSPS) is 9.78. The molecule has 0 fully saturated rings. The Labute approximate surface area is 59.4 Å². The zero-order valence-corrected chi connectivity index (χ0v) is 7.52. The second-order valence-corrected chi connectivity index (χ2v) is 1.82. The van der Waals surface area contributed by atoms with E-state index in [0.717, 1.165) is 0 Å². The van der Waals surface area contributed by atoms with Gasteiger partial charge in [-0.1, -0.05) is 19.9 Å². The van der Waals surface area contributed by atoms with E-state index >= 15 is 0 Å². The highest BCUT2D eigenvalue weighted by Crippen LogP contribution is 1.92. The van der Waals surface area contributed by atoms with Gasteiger partial charge in [0.1, 0.15) is 0 Å². The average molecular weight is 129 g/mol. The third-order valence-corrected chi connectivity index (χ3v) is 1.12. The molecule has 1 nitrogen and oxygen atoms in total. The minimum atomic E-state index is 1.31. The fourth-order valence-corrected chi connectivity index (χ4v) is 0.258. The van der Waals surface area contributed by atoms with Crippen LogP contribution in [0.4, 0.5) is 0 Å². The van der Waals surface area contributed by atoms with Gasteiger partial charge in [0.15, 0.2) is 0 Å². The Bertz CT molecular complexity index is 72.6. The molecule has 0 bridgehead atoms. The van der Waals surface area contributed by atoms with Crippen LogP contribution in [0.5, 0.6) is 0 Å². The molecular formula is C8H19N. The van der Waals surface area contributed by atoms with E-state index in [0.29, 0.717) is 0 Å². The molecule has 0 aliphatic carbocycles. The van der Waals surface area contributed by atoms with Crippen molar-refractivity contribution in [2.24, 2.45) is 0 Å². The van der Waals surface area contributed by atoms with Gasteiger partial charge in [-0.3, -0.25) is 0 Å². The summed E-state index contributed by atoms with van der Waals surface area (Å²) in [6.07, 6.45) is 2.08. The lowest BCUT2D eigenvalue weighted by molar-refractivity contribution is 0.512. The van der Waals surface area contributed by atoms with Gasteiger partial charge in [-0.2, -0.15) is 0 Å². The average Bonchev–Trinajstić information content (AvgIpc) is 1.91.